The molecule has 0 spiro atoms. The quantitative estimate of drug-likeness (QED) is 0.778. The highest BCUT2D eigenvalue weighted by Crippen LogP contribution is 2.32. The van der Waals surface area contributed by atoms with Crippen molar-refractivity contribution in [1.29, 1.82) is 0 Å². The average molecular weight is 390 g/mol. The lowest BCUT2D eigenvalue weighted by Gasteiger charge is -2.23. The molecule has 1 saturated heterocycles. The number of carboxylic acid groups (broad SMARTS) is 1. The van der Waals surface area contributed by atoms with Crippen LogP contribution >= 0.6 is 27.3 Å². The Morgan fingerprint density at radius 1 is 1.50 bits per heavy atom. The monoisotopic (exact) mass is 389 g/mol. The number of hydrogen-bond acceptors (Lipinski definition) is 4. The lowest BCUT2D eigenvalue weighted by Crippen LogP contribution is -2.40. The predicted molar refractivity (Wildman–Crippen MR) is 88.1 cm³/mol. The molecule has 1 aliphatic rings. The van der Waals surface area contributed by atoms with Gasteiger partial charge in [0.2, 0.25) is 5.91 Å². The van der Waals surface area contributed by atoms with Gasteiger partial charge < -0.3 is 14.7 Å². The Morgan fingerprint density at radius 3 is 2.86 bits per heavy atom. The first-order chi connectivity index (χ1) is 10.5. The molecule has 0 radical (unpaired) electrons. The van der Waals surface area contributed by atoms with Crippen LogP contribution in [0.25, 0.3) is 0 Å². The van der Waals surface area contributed by atoms with Crippen molar-refractivity contribution in [1.82, 2.24) is 4.90 Å². The van der Waals surface area contributed by atoms with E-state index in [0.717, 1.165) is 16.6 Å². The van der Waals surface area contributed by atoms with Crippen molar-refractivity contribution in [3.63, 3.8) is 0 Å². The molecule has 1 fully saturated rings. The van der Waals surface area contributed by atoms with Gasteiger partial charge in [0.25, 0.3) is 0 Å². The van der Waals surface area contributed by atoms with Crippen LogP contribution in [0.15, 0.2) is 15.9 Å². The summed E-state index contributed by atoms with van der Waals surface area (Å²) in [6.45, 7) is 0.897. The first-order valence-electron chi connectivity index (χ1n) is 7.21. The Bertz CT molecular complexity index is 547. The molecule has 1 aromatic heterocycles. The van der Waals surface area contributed by atoms with E-state index >= 15 is 0 Å². The van der Waals surface area contributed by atoms with Crippen molar-refractivity contribution in [2.24, 2.45) is 5.41 Å². The summed E-state index contributed by atoms with van der Waals surface area (Å²) in [7, 11) is 1.49. The van der Waals surface area contributed by atoms with Gasteiger partial charge in [0.1, 0.15) is 5.41 Å². The molecule has 2 rings (SSSR count). The Balaban J connectivity index is 1.82. The minimum Gasteiger partial charge on any atom is -0.481 e. The van der Waals surface area contributed by atoms with E-state index in [1.807, 2.05) is 6.07 Å². The number of carbonyl (C=O) groups excluding carboxylic acids is 1. The van der Waals surface area contributed by atoms with Gasteiger partial charge in [-0.2, -0.15) is 0 Å². The van der Waals surface area contributed by atoms with Gasteiger partial charge >= 0.3 is 5.97 Å². The first-order valence-corrected chi connectivity index (χ1v) is 8.82. The number of aliphatic carboxylic acids is 1. The topological polar surface area (TPSA) is 66.8 Å². The number of hydrogen-bond donors (Lipinski definition) is 1. The van der Waals surface area contributed by atoms with Crippen LogP contribution in [-0.2, 0) is 20.7 Å². The molecule has 0 saturated carbocycles. The van der Waals surface area contributed by atoms with Crippen molar-refractivity contribution < 1.29 is 19.4 Å². The summed E-state index contributed by atoms with van der Waals surface area (Å²) < 4.78 is 6.13. The number of carboxylic acids is 1. The summed E-state index contributed by atoms with van der Waals surface area (Å²) in [5, 5.41) is 9.40. The molecule has 1 unspecified atom stereocenters. The molecule has 1 aromatic rings. The SMILES string of the molecule is COCC1(C(=O)O)CCN(C(=O)CCCc2ccc(Br)s2)C1. The molecule has 1 aliphatic heterocycles. The number of nitrogens with zero attached hydrogens (tertiary/aromatic N) is 1. The van der Waals surface area contributed by atoms with E-state index in [2.05, 4.69) is 22.0 Å². The summed E-state index contributed by atoms with van der Waals surface area (Å²) in [5.41, 5.74) is -0.941. The van der Waals surface area contributed by atoms with Crippen molar-refractivity contribution in [2.75, 3.05) is 26.8 Å². The maximum absolute atomic E-state index is 12.2. The molecule has 0 bridgehead atoms. The van der Waals surface area contributed by atoms with E-state index in [0.29, 0.717) is 19.4 Å². The second kappa shape index (κ2) is 7.57. The van der Waals surface area contributed by atoms with Crippen molar-refractivity contribution >= 4 is 39.1 Å². The lowest BCUT2D eigenvalue weighted by atomic mass is 9.88. The fraction of sp³-hybridized carbons (Fsp3) is 0.600. The molecular formula is C15H20BrNO4S. The maximum atomic E-state index is 12.2. The van der Waals surface area contributed by atoms with E-state index in [9.17, 15) is 14.7 Å². The molecule has 0 aromatic carbocycles. The number of rotatable bonds is 7. The largest absolute Gasteiger partial charge is 0.481 e. The van der Waals surface area contributed by atoms with Gasteiger partial charge in [-0.25, -0.2) is 0 Å². The number of ether oxygens (including phenoxy) is 1. The summed E-state index contributed by atoms with van der Waals surface area (Å²) in [4.78, 5) is 26.6. The molecule has 5 nitrogen and oxygen atoms in total. The smallest absolute Gasteiger partial charge is 0.313 e. The zero-order valence-electron chi connectivity index (χ0n) is 12.5. The van der Waals surface area contributed by atoms with Gasteiger partial charge in [-0.15, -0.1) is 11.3 Å². The minimum atomic E-state index is -0.941. The second-order valence-corrected chi connectivity index (χ2v) is 8.19. The Kier molecular flexibility index (Phi) is 6.00. The third-order valence-corrected chi connectivity index (χ3v) is 5.71. The summed E-state index contributed by atoms with van der Waals surface area (Å²) in [6.07, 6.45) is 2.57. The van der Waals surface area contributed by atoms with Crippen LogP contribution in [0, 0.1) is 5.41 Å². The molecule has 122 valence electrons. The van der Waals surface area contributed by atoms with Gasteiger partial charge in [0.05, 0.1) is 10.4 Å². The number of thiophene rings is 1. The van der Waals surface area contributed by atoms with Gasteiger partial charge in [-0.05, 0) is 47.3 Å². The maximum Gasteiger partial charge on any atom is 0.313 e. The fourth-order valence-electron chi connectivity index (χ4n) is 2.77. The Labute approximate surface area is 142 Å². The van der Waals surface area contributed by atoms with E-state index in [1.54, 1.807) is 16.2 Å². The lowest BCUT2D eigenvalue weighted by molar-refractivity contribution is -0.151. The molecule has 2 heterocycles. The van der Waals surface area contributed by atoms with Crippen LogP contribution in [0.4, 0.5) is 0 Å². The van der Waals surface area contributed by atoms with E-state index < -0.39 is 11.4 Å². The molecule has 22 heavy (non-hydrogen) atoms. The van der Waals surface area contributed by atoms with Crippen molar-refractivity contribution in [3.05, 3.63) is 20.8 Å². The average Bonchev–Trinajstić information content (AvgIpc) is 3.07. The number of aryl methyl sites for hydroxylation is 1. The summed E-state index contributed by atoms with van der Waals surface area (Å²) in [6, 6.07) is 4.07. The van der Waals surface area contributed by atoms with Crippen molar-refractivity contribution in [3.8, 4) is 0 Å². The third kappa shape index (κ3) is 4.08. The number of carbonyl (C=O) groups is 2. The molecule has 1 atom stereocenters. The zero-order valence-corrected chi connectivity index (χ0v) is 14.9. The third-order valence-electron chi connectivity index (χ3n) is 4.02. The Morgan fingerprint density at radius 2 is 2.27 bits per heavy atom. The molecular weight excluding hydrogens is 370 g/mol. The predicted octanol–water partition coefficient (Wildman–Crippen LogP) is 2.78. The van der Waals surface area contributed by atoms with E-state index in [-0.39, 0.29) is 19.1 Å². The van der Waals surface area contributed by atoms with Crippen LogP contribution in [0.2, 0.25) is 0 Å². The van der Waals surface area contributed by atoms with Gasteiger partial charge in [-0.3, -0.25) is 9.59 Å². The fourth-order valence-corrected chi connectivity index (χ4v) is 4.30. The second-order valence-electron chi connectivity index (χ2n) is 5.64. The normalized spacial score (nSPS) is 21.3. The van der Waals surface area contributed by atoms with E-state index in [4.69, 9.17) is 4.74 Å². The van der Waals surface area contributed by atoms with Gasteiger partial charge in [0.15, 0.2) is 0 Å². The Hall–Kier alpha value is -0.920. The standard InChI is InChI=1S/C15H20BrNO4S/c1-21-10-15(14(19)20)7-8-17(9-15)13(18)4-2-3-11-5-6-12(16)22-11/h5-6H,2-4,7-10H2,1H3,(H,19,20). The van der Waals surface area contributed by atoms with Crippen LogP contribution in [-0.4, -0.2) is 48.7 Å². The highest BCUT2D eigenvalue weighted by Gasteiger charge is 2.46. The van der Waals surface area contributed by atoms with E-state index in [1.165, 1.54) is 12.0 Å². The minimum absolute atomic E-state index is 0.0369. The number of amides is 1. The molecule has 0 aliphatic carbocycles. The van der Waals surface area contributed by atoms with Gasteiger partial charge in [0, 0.05) is 31.5 Å². The number of halogens is 1. The summed E-state index contributed by atoms with van der Waals surface area (Å²) >= 11 is 5.10. The van der Waals surface area contributed by atoms with Crippen LogP contribution in [0.5, 0.6) is 0 Å². The molecule has 1 amide bonds. The summed E-state index contributed by atoms with van der Waals surface area (Å²) in [5.74, 6) is -0.845. The number of likely N-dealkylation sites (tertiary alicyclic amines) is 1. The van der Waals surface area contributed by atoms with Crippen molar-refractivity contribution in [2.45, 2.75) is 25.7 Å². The molecule has 1 N–H and O–H groups in total. The van der Waals surface area contributed by atoms with Gasteiger partial charge in [-0.1, -0.05) is 0 Å². The van der Waals surface area contributed by atoms with Crippen LogP contribution in [0.3, 0.4) is 0 Å². The van der Waals surface area contributed by atoms with Crippen LogP contribution < -0.4 is 0 Å². The molecule has 7 heteroatoms. The highest BCUT2D eigenvalue weighted by molar-refractivity contribution is 9.11. The number of methoxy groups -OCH3 is 1. The zero-order chi connectivity index (χ0) is 16.2. The first kappa shape index (κ1) is 17.4. The highest BCUT2D eigenvalue weighted by atomic mass is 79.9. The van der Waals surface area contributed by atoms with Crippen LogP contribution in [0.1, 0.15) is 24.1 Å².